The molecule has 1 heterocycles. The van der Waals surface area contributed by atoms with E-state index in [1.54, 1.807) is 12.3 Å². The molecule has 0 fully saturated rings. The van der Waals surface area contributed by atoms with Crippen molar-refractivity contribution in [2.75, 3.05) is 23.9 Å². The minimum atomic E-state index is 0.600. The van der Waals surface area contributed by atoms with Crippen LogP contribution >= 0.6 is 11.8 Å². The average Bonchev–Trinajstić information content (AvgIpc) is 2.30. The molecule has 1 rings (SSSR count). The van der Waals surface area contributed by atoms with E-state index < -0.39 is 0 Å². The van der Waals surface area contributed by atoms with Gasteiger partial charge >= 0.3 is 0 Å². The molecule has 0 radical (unpaired) electrons. The second kappa shape index (κ2) is 7.13. The second-order valence-electron chi connectivity index (χ2n) is 3.17. The van der Waals surface area contributed by atoms with Gasteiger partial charge in [-0.15, -0.1) is 0 Å². The Hall–Kier alpha value is -1.21. The first-order chi connectivity index (χ1) is 7.36. The maximum atomic E-state index is 8.59. The highest BCUT2D eigenvalue weighted by atomic mass is 32.2. The molecular formula is C11H15N3S. The van der Waals surface area contributed by atoms with Crippen molar-refractivity contribution in [1.29, 1.82) is 5.26 Å². The van der Waals surface area contributed by atoms with E-state index in [0.29, 0.717) is 5.56 Å². The number of unbranched alkanes of at least 4 members (excludes halogenated alkanes) is 1. The monoisotopic (exact) mass is 221 g/mol. The van der Waals surface area contributed by atoms with Gasteiger partial charge in [-0.1, -0.05) is 0 Å². The lowest BCUT2D eigenvalue weighted by Crippen LogP contribution is -2.03. The predicted octanol–water partition coefficient (Wildman–Crippen LogP) is 2.51. The van der Waals surface area contributed by atoms with Crippen molar-refractivity contribution >= 4 is 17.6 Å². The molecule has 0 aromatic carbocycles. The Morgan fingerprint density at radius 3 is 2.93 bits per heavy atom. The maximum Gasteiger partial charge on any atom is 0.125 e. The number of hydrogen-bond acceptors (Lipinski definition) is 4. The van der Waals surface area contributed by atoms with Crippen molar-refractivity contribution in [3.8, 4) is 6.07 Å². The van der Waals surface area contributed by atoms with Crippen molar-refractivity contribution in [3.05, 3.63) is 23.9 Å². The lowest BCUT2D eigenvalue weighted by Gasteiger charge is -2.04. The van der Waals surface area contributed by atoms with Gasteiger partial charge in [-0.05, 0) is 37.0 Å². The maximum absolute atomic E-state index is 8.59. The first-order valence-corrected chi connectivity index (χ1v) is 6.35. The highest BCUT2D eigenvalue weighted by molar-refractivity contribution is 7.98. The van der Waals surface area contributed by atoms with Gasteiger partial charge < -0.3 is 5.32 Å². The molecule has 0 unspecified atom stereocenters. The molecule has 80 valence electrons. The molecule has 4 heteroatoms. The minimum Gasteiger partial charge on any atom is -0.370 e. The van der Waals surface area contributed by atoms with Crippen LogP contribution in [0.4, 0.5) is 5.82 Å². The Morgan fingerprint density at radius 2 is 2.33 bits per heavy atom. The fraction of sp³-hybridized carbons (Fsp3) is 0.455. The van der Waals surface area contributed by atoms with Gasteiger partial charge in [0, 0.05) is 12.7 Å². The number of pyridine rings is 1. The third kappa shape index (κ3) is 4.71. The van der Waals surface area contributed by atoms with Crippen molar-refractivity contribution < 1.29 is 0 Å². The zero-order valence-electron chi connectivity index (χ0n) is 8.86. The molecule has 0 saturated carbocycles. The first kappa shape index (κ1) is 11.9. The van der Waals surface area contributed by atoms with Crippen LogP contribution in [0.15, 0.2) is 18.3 Å². The number of hydrogen-bond donors (Lipinski definition) is 1. The fourth-order valence-electron chi connectivity index (χ4n) is 1.15. The van der Waals surface area contributed by atoms with E-state index in [1.807, 2.05) is 23.9 Å². The summed E-state index contributed by atoms with van der Waals surface area (Å²) < 4.78 is 0. The van der Waals surface area contributed by atoms with E-state index >= 15 is 0 Å². The van der Waals surface area contributed by atoms with Crippen LogP contribution in [-0.2, 0) is 0 Å². The Balaban J connectivity index is 2.23. The van der Waals surface area contributed by atoms with E-state index in [1.165, 1.54) is 12.2 Å². The molecule has 15 heavy (non-hydrogen) atoms. The van der Waals surface area contributed by atoms with E-state index in [-0.39, 0.29) is 0 Å². The smallest absolute Gasteiger partial charge is 0.125 e. The molecule has 0 aliphatic heterocycles. The fourth-order valence-corrected chi connectivity index (χ4v) is 1.65. The number of rotatable bonds is 6. The molecule has 0 aliphatic carbocycles. The summed E-state index contributed by atoms with van der Waals surface area (Å²) >= 11 is 1.87. The Bertz CT molecular complexity index is 316. The highest BCUT2D eigenvalue weighted by Crippen LogP contribution is 2.05. The predicted molar refractivity (Wildman–Crippen MR) is 65.1 cm³/mol. The van der Waals surface area contributed by atoms with E-state index in [9.17, 15) is 0 Å². The SMILES string of the molecule is CSCCCCNc1ccc(C#N)cn1. The van der Waals surface area contributed by atoms with Crippen molar-refractivity contribution in [2.24, 2.45) is 0 Å². The number of aromatic nitrogens is 1. The minimum absolute atomic E-state index is 0.600. The number of thioether (sulfide) groups is 1. The van der Waals surface area contributed by atoms with Gasteiger partial charge in [0.2, 0.25) is 0 Å². The molecule has 0 saturated heterocycles. The summed E-state index contributed by atoms with van der Waals surface area (Å²) in [5.41, 5.74) is 0.600. The van der Waals surface area contributed by atoms with Crippen LogP contribution in [0.5, 0.6) is 0 Å². The molecule has 1 aromatic rings. The van der Waals surface area contributed by atoms with E-state index in [2.05, 4.69) is 16.6 Å². The second-order valence-corrected chi connectivity index (χ2v) is 4.16. The molecule has 0 spiro atoms. The number of nitriles is 1. The van der Waals surface area contributed by atoms with Gasteiger partial charge in [0.1, 0.15) is 11.9 Å². The summed E-state index contributed by atoms with van der Waals surface area (Å²) in [7, 11) is 0. The van der Waals surface area contributed by atoms with Crippen LogP contribution in [0.2, 0.25) is 0 Å². The summed E-state index contributed by atoms with van der Waals surface area (Å²) in [6.45, 7) is 0.944. The molecule has 0 atom stereocenters. The van der Waals surface area contributed by atoms with Gasteiger partial charge in [0.05, 0.1) is 5.56 Å². The molecule has 0 aliphatic rings. The summed E-state index contributed by atoms with van der Waals surface area (Å²) in [6.07, 6.45) is 6.09. The van der Waals surface area contributed by atoms with Crippen LogP contribution < -0.4 is 5.32 Å². The van der Waals surface area contributed by atoms with Crippen LogP contribution in [-0.4, -0.2) is 23.5 Å². The van der Waals surface area contributed by atoms with Crippen LogP contribution in [0, 0.1) is 11.3 Å². The zero-order valence-corrected chi connectivity index (χ0v) is 9.68. The van der Waals surface area contributed by atoms with E-state index in [0.717, 1.165) is 18.8 Å². The molecule has 1 aromatic heterocycles. The molecule has 0 amide bonds. The van der Waals surface area contributed by atoms with Gasteiger partial charge in [-0.2, -0.15) is 17.0 Å². The van der Waals surface area contributed by atoms with Gasteiger partial charge in [0.25, 0.3) is 0 Å². The lowest BCUT2D eigenvalue weighted by molar-refractivity contribution is 0.840. The van der Waals surface area contributed by atoms with Crippen LogP contribution in [0.1, 0.15) is 18.4 Å². The number of nitrogens with one attached hydrogen (secondary N) is 1. The quantitative estimate of drug-likeness (QED) is 0.750. The van der Waals surface area contributed by atoms with Gasteiger partial charge in [-0.25, -0.2) is 4.98 Å². The van der Waals surface area contributed by atoms with Crippen LogP contribution in [0.3, 0.4) is 0 Å². The summed E-state index contributed by atoms with van der Waals surface area (Å²) in [5, 5.41) is 11.8. The Morgan fingerprint density at radius 1 is 1.47 bits per heavy atom. The number of nitrogens with zero attached hydrogens (tertiary/aromatic N) is 2. The third-order valence-electron chi connectivity index (χ3n) is 1.97. The molecular weight excluding hydrogens is 206 g/mol. The standard InChI is InChI=1S/C11H15N3S/c1-15-7-3-2-6-13-11-5-4-10(8-12)9-14-11/h4-5,9H,2-3,6-7H2,1H3,(H,13,14). The third-order valence-corrected chi connectivity index (χ3v) is 2.67. The Labute approximate surface area is 94.9 Å². The Kier molecular flexibility index (Phi) is 5.64. The first-order valence-electron chi connectivity index (χ1n) is 4.96. The zero-order chi connectivity index (χ0) is 10.9. The lowest BCUT2D eigenvalue weighted by atomic mass is 10.3. The molecule has 0 bridgehead atoms. The van der Waals surface area contributed by atoms with Gasteiger partial charge in [-0.3, -0.25) is 0 Å². The number of anilines is 1. The largest absolute Gasteiger partial charge is 0.370 e. The van der Waals surface area contributed by atoms with Crippen molar-refractivity contribution in [3.63, 3.8) is 0 Å². The highest BCUT2D eigenvalue weighted by Gasteiger charge is 1.94. The van der Waals surface area contributed by atoms with E-state index in [4.69, 9.17) is 5.26 Å². The summed E-state index contributed by atoms with van der Waals surface area (Å²) in [6, 6.07) is 5.66. The summed E-state index contributed by atoms with van der Waals surface area (Å²) in [5.74, 6) is 2.06. The normalized spacial score (nSPS) is 9.60. The molecule has 3 nitrogen and oxygen atoms in total. The molecule has 1 N–H and O–H groups in total. The van der Waals surface area contributed by atoms with Gasteiger partial charge in [0.15, 0.2) is 0 Å². The topological polar surface area (TPSA) is 48.7 Å². The van der Waals surface area contributed by atoms with Crippen molar-refractivity contribution in [1.82, 2.24) is 4.98 Å². The average molecular weight is 221 g/mol. The summed E-state index contributed by atoms with van der Waals surface area (Å²) in [4.78, 5) is 4.13. The van der Waals surface area contributed by atoms with Crippen molar-refractivity contribution in [2.45, 2.75) is 12.8 Å². The van der Waals surface area contributed by atoms with Crippen LogP contribution in [0.25, 0.3) is 0 Å².